The Labute approximate surface area is 72.2 Å². The maximum Gasteiger partial charge on any atom is 0.130 e. The second kappa shape index (κ2) is 2.88. The third-order valence-corrected chi connectivity index (χ3v) is 1.99. The Balaban J connectivity index is 3.20. The van der Waals surface area contributed by atoms with Crippen LogP contribution in [0.25, 0.3) is 0 Å². The molecule has 3 heteroatoms. The second-order valence-electron chi connectivity index (χ2n) is 1.78. The summed E-state index contributed by atoms with van der Waals surface area (Å²) in [6.07, 6.45) is 0. The number of rotatable bonds is 0. The van der Waals surface area contributed by atoms with Crippen LogP contribution in [0.3, 0.4) is 0 Å². The van der Waals surface area contributed by atoms with Gasteiger partial charge in [-0.1, -0.05) is 0 Å². The number of phenolic OH excluding ortho intramolecular Hbond substituents is 1. The van der Waals surface area contributed by atoms with Gasteiger partial charge in [-0.3, -0.25) is 0 Å². The molecule has 0 unspecified atom stereocenters. The van der Waals surface area contributed by atoms with E-state index in [4.69, 9.17) is 10.4 Å². The molecule has 0 aromatic heterocycles. The summed E-state index contributed by atoms with van der Waals surface area (Å²) in [5, 5.41) is 17.5. The van der Waals surface area contributed by atoms with Gasteiger partial charge in [0.05, 0.1) is 15.2 Å². The molecule has 0 heterocycles. The minimum Gasteiger partial charge on any atom is -0.507 e. The van der Waals surface area contributed by atoms with E-state index in [0.29, 0.717) is 5.56 Å². The zero-order chi connectivity index (χ0) is 7.56. The first-order chi connectivity index (χ1) is 4.74. The number of benzene rings is 1. The van der Waals surface area contributed by atoms with Crippen molar-refractivity contribution in [2.75, 3.05) is 0 Å². The van der Waals surface area contributed by atoms with Crippen molar-refractivity contribution in [3.8, 4) is 11.8 Å². The molecule has 50 valence electrons. The molecule has 1 aromatic rings. The summed E-state index contributed by atoms with van der Waals surface area (Å²) in [6.45, 7) is 0. The lowest BCUT2D eigenvalue weighted by Crippen LogP contribution is -1.75. The van der Waals surface area contributed by atoms with E-state index in [0.717, 1.165) is 3.57 Å². The highest BCUT2D eigenvalue weighted by Gasteiger charge is 1.96. The Kier molecular flexibility index (Phi) is 2.12. The van der Waals surface area contributed by atoms with Crippen molar-refractivity contribution in [1.82, 2.24) is 0 Å². The van der Waals surface area contributed by atoms with Crippen molar-refractivity contribution < 1.29 is 5.11 Å². The van der Waals surface area contributed by atoms with Crippen molar-refractivity contribution in [2.24, 2.45) is 0 Å². The molecule has 0 saturated heterocycles. The third-order valence-electron chi connectivity index (χ3n) is 1.08. The van der Waals surface area contributed by atoms with Crippen LogP contribution < -0.4 is 0 Å². The van der Waals surface area contributed by atoms with Gasteiger partial charge in [-0.15, -0.1) is 0 Å². The van der Waals surface area contributed by atoms with E-state index in [1.165, 1.54) is 6.07 Å². The summed E-state index contributed by atoms with van der Waals surface area (Å²) in [5.74, 6) is 0.166. The van der Waals surface area contributed by atoms with Crippen LogP contribution in [-0.2, 0) is 0 Å². The highest BCUT2D eigenvalue weighted by Crippen LogP contribution is 2.19. The molecule has 0 radical (unpaired) electrons. The number of hydrogen-bond donors (Lipinski definition) is 1. The molecule has 0 amide bonds. The van der Waals surface area contributed by atoms with Gasteiger partial charge in [0.2, 0.25) is 0 Å². The molecule has 1 aromatic carbocycles. The monoisotopic (exact) mass is 245 g/mol. The van der Waals surface area contributed by atoms with Crippen LogP contribution in [0.15, 0.2) is 18.2 Å². The van der Waals surface area contributed by atoms with Crippen LogP contribution in [0.1, 0.15) is 5.56 Å². The van der Waals surface area contributed by atoms with Gasteiger partial charge >= 0.3 is 0 Å². The van der Waals surface area contributed by atoms with Crippen molar-refractivity contribution in [3.63, 3.8) is 0 Å². The van der Waals surface area contributed by atoms with Gasteiger partial charge < -0.3 is 5.11 Å². The molecule has 0 aliphatic rings. The van der Waals surface area contributed by atoms with E-state index < -0.39 is 0 Å². The zero-order valence-corrected chi connectivity index (χ0v) is 7.16. The van der Waals surface area contributed by atoms with Crippen molar-refractivity contribution in [1.29, 1.82) is 5.26 Å². The van der Waals surface area contributed by atoms with Crippen LogP contribution in [0.4, 0.5) is 0 Å². The van der Waals surface area contributed by atoms with Crippen molar-refractivity contribution >= 4 is 22.6 Å². The van der Waals surface area contributed by atoms with Gasteiger partial charge in [0.25, 0.3) is 0 Å². The predicted octanol–water partition coefficient (Wildman–Crippen LogP) is 1.87. The van der Waals surface area contributed by atoms with Crippen molar-refractivity contribution in [3.05, 3.63) is 27.3 Å². The molecule has 0 aliphatic heterocycles. The Bertz CT molecular complexity index is 290. The molecular weight excluding hydrogens is 241 g/mol. The highest BCUT2D eigenvalue weighted by atomic mass is 127. The average molecular weight is 245 g/mol. The minimum atomic E-state index is 0.166. The van der Waals surface area contributed by atoms with Crippen LogP contribution in [-0.4, -0.2) is 5.11 Å². The number of nitrogens with zero attached hydrogens (tertiary/aromatic N) is 1. The molecule has 0 bridgehead atoms. The van der Waals surface area contributed by atoms with Gasteiger partial charge in [0, 0.05) is 0 Å². The lowest BCUT2D eigenvalue weighted by atomic mass is 10.2. The summed E-state index contributed by atoms with van der Waals surface area (Å²) >= 11 is 2.00. The fourth-order valence-electron chi connectivity index (χ4n) is 0.582. The Hall–Kier alpha value is -0.760. The average Bonchev–Trinajstić information content (AvgIpc) is 1.95. The van der Waals surface area contributed by atoms with Crippen LogP contribution in [0, 0.1) is 14.9 Å². The molecule has 0 fully saturated rings. The fraction of sp³-hybridized carbons (Fsp3) is 0. The van der Waals surface area contributed by atoms with E-state index in [-0.39, 0.29) is 5.75 Å². The van der Waals surface area contributed by atoms with E-state index in [9.17, 15) is 0 Å². The summed E-state index contributed by atoms with van der Waals surface area (Å²) < 4.78 is 0.761. The lowest BCUT2D eigenvalue weighted by Gasteiger charge is -1.94. The summed E-state index contributed by atoms with van der Waals surface area (Å²) in [7, 11) is 0. The first-order valence-electron chi connectivity index (χ1n) is 2.62. The molecule has 0 spiro atoms. The van der Waals surface area contributed by atoms with E-state index in [1.54, 1.807) is 12.1 Å². The summed E-state index contributed by atoms with van der Waals surface area (Å²) in [5.41, 5.74) is 0.484. The maximum absolute atomic E-state index is 9.07. The molecule has 1 rings (SSSR count). The SMILES string of the molecule is N#Cc1ccc(I)c(O)c1. The lowest BCUT2D eigenvalue weighted by molar-refractivity contribution is 0.471. The van der Waals surface area contributed by atoms with E-state index in [2.05, 4.69) is 0 Å². The third kappa shape index (κ3) is 1.39. The molecule has 2 nitrogen and oxygen atoms in total. The predicted molar refractivity (Wildman–Crippen MR) is 45.5 cm³/mol. The second-order valence-corrected chi connectivity index (χ2v) is 2.94. The van der Waals surface area contributed by atoms with Crippen LogP contribution in [0.2, 0.25) is 0 Å². The molecular formula is C7H4INO. The first-order valence-corrected chi connectivity index (χ1v) is 3.70. The number of nitriles is 1. The van der Waals surface area contributed by atoms with E-state index in [1.807, 2.05) is 28.7 Å². The van der Waals surface area contributed by atoms with Crippen molar-refractivity contribution in [2.45, 2.75) is 0 Å². The Morgan fingerprint density at radius 2 is 2.20 bits per heavy atom. The van der Waals surface area contributed by atoms with Gasteiger partial charge in [0.15, 0.2) is 0 Å². The summed E-state index contributed by atoms with van der Waals surface area (Å²) in [4.78, 5) is 0. The number of halogens is 1. The molecule has 10 heavy (non-hydrogen) atoms. The van der Waals surface area contributed by atoms with Gasteiger partial charge in [-0.25, -0.2) is 0 Å². The van der Waals surface area contributed by atoms with Crippen LogP contribution >= 0.6 is 22.6 Å². The fourth-order valence-corrected chi connectivity index (χ4v) is 0.918. The first kappa shape index (κ1) is 7.35. The quantitative estimate of drug-likeness (QED) is 0.709. The van der Waals surface area contributed by atoms with E-state index >= 15 is 0 Å². The van der Waals surface area contributed by atoms with Gasteiger partial charge in [-0.2, -0.15) is 5.26 Å². The number of hydrogen-bond acceptors (Lipinski definition) is 2. The largest absolute Gasteiger partial charge is 0.507 e. The molecule has 0 saturated carbocycles. The van der Waals surface area contributed by atoms with Gasteiger partial charge in [0.1, 0.15) is 5.75 Å². The Morgan fingerprint density at radius 3 is 2.70 bits per heavy atom. The van der Waals surface area contributed by atoms with Gasteiger partial charge in [-0.05, 0) is 40.8 Å². The number of phenols is 1. The standard InChI is InChI=1S/C7H4INO/c8-6-2-1-5(4-9)3-7(6)10/h1-3,10H. The Morgan fingerprint density at radius 1 is 1.50 bits per heavy atom. The zero-order valence-electron chi connectivity index (χ0n) is 5.00. The molecule has 0 aliphatic carbocycles. The summed E-state index contributed by atoms with van der Waals surface area (Å²) in [6, 6.07) is 6.75. The van der Waals surface area contributed by atoms with Crippen LogP contribution in [0.5, 0.6) is 5.75 Å². The molecule has 1 N–H and O–H groups in total. The topological polar surface area (TPSA) is 44.0 Å². The minimum absolute atomic E-state index is 0.166. The number of aromatic hydroxyl groups is 1. The normalized spacial score (nSPS) is 8.80. The maximum atomic E-state index is 9.07. The molecule has 0 atom stereocenters. The highest BCUT2D eigenvalue weighted by molar-refractivity contribution is 14.1. The smallest absolute Gasteiger partial charge is 0.130 e.